The zero-order valence-electron chi connectivity index (χ0n) is 11.2. The molecule has 5 heteroatoms. The summed E-state index contributed by atoms with van der Waals surface area (Å²) in [6, 6.07) is 2.22. The second kappa shape index (κ2) is 6.80. The highest BCUT2D eigenvalue weighted by Gasteiger charge is 2.19. The van der Waals surface area contributed by atoms with Gasteiger partial charge in [0.05, 0.1) is 13.7 Å². The van der Waals surface area contributed by atoms with Gasteiger partial charge < -0.3 is 20.3 Å². The fourth-order valence-electron chi connectivity index (χ4n) is 1.77. The van der Waals surface area contributed by atoms with Gasteiger partial charge in [0.2, 0.25) is 0 Å². The number of aliphatic carboxylic acids is 1. The molecule has 19 heavy (non-hydrogen) atoms. The number of carboxylic acids is 1. The Bertz CT molecular complexity index is 471. The summed E-state index contributed by atoms with van der Waals surface area (Å²) in [4.78, 5) is 11.0. The van der Waals surface area contributed by atoms with Crippen LogP contribution >= 0.6 is 0 Å². The molecule has 1 aromatic carbocycles. The van der Waals surface area contributed by atoms with Crippen LogP contribution in [0.15, 0.2) is 24.8 Å². The first-order valence-electron chi connectivity index (χ1n) is 5.98. The summed E-state index contributed by atoms with van der Waals surface area (Å²) >= 11 is 0. The predicted molar refractivity (Wildman–Crippen MR) is 72.6 cm³/mol. The normalized spacial score (nSPS) is 11.7. The maximum absolute atomic E-state index is 11.0. The van der Waals surface area contributed by atoms with Crippen molar-refractivity contribution in [3.05, 3.63) is 35.9 Å². The highest BCUT2D eigenvalue weighted by atomic mass is 16.5. The average molecular weight is 265 g/mol. The molecule has 104 valence electrons. The minimum atomic E-state index is -1.09. The monoisotopic (exact) mass is 265 g/mol. The molecule has 0 saturated carbocycles. The molecule has 0 aliphatic carbocycles. The topological polar surface area (TPSA) is 81.8 Å². The second-order valence-corrected chi connectivity index (χ2v) is 3.95. The van der Waals surface area contributed by atoms with Gasteiger partial charge in [0.1, 0.15) is 6.04 Å². The van der Waals surface area contributed by atoms with E-state index in [9.17, 15) is 4.79 Å². The van der Waals surface area contributed by atoms with E-state index >= 15 is 0 Å². The Morgan fingerprint density at radius 1 is 1.58 bits per heavy atom. The van der Waals surface area contributed by atoms with Crippen molar-refractivity contribution in [2.75, 3.05) is 13.7 Å². The number of methoxy groups -OCH3 is 1. The van der Waals surface area contributed by atoms with E-state index in [2.05, 4.69) is 6.58 Å². The Balaban J connectivity index is 3.34. The van der Waals surface area contributed by atoms with Crippen LogP contribution in [0.4, 0.5) is 0 Å². The van der Waals surface area contributed by atoms with Crippen molar-refractivity contribution in [1.29, 1.82) is 0 Å². The number of rotatable bonds is 7. The highest BCUT2D eigenvalue weighted by Crippen LogP contribution is 2.35. The van der Waals surface area contributed by atoms with Gasteiger partial charge in [-0.15, -0.1) is 6.58 Å². The first kappa shape index (κ1) is 15.0. The third-order valence-electron chi connectivity index (χ3n) is 2.65. The quantitative estimate of drug-likeness (QED) is 0.736. The maximum Gasteiger partial charge on any atom is 0.325 e. The molecule has 0 heterocycles. The van der Waals surface area contributed by atoms with Crippen LogP contribution in [-0.4, -0.2) is 24.8 Å². The number of benzene rings is 1. The predicted octanol–water partition coefficient (Wildman–Crippen LogP) is 1.91. The lowest BCUT2D eigenvalue weighted by molar-refractivity contribution is -0.138. The third-order valence-corrected chi connectivity index (χ3v) is 2.65. The van der Waals surface area contributed by atoms with Crippen LogP contribution < -0.4 is 15.2 Å². The van der Waals surface area contributed by atoms with Gasteiger partial charge in [-0.05, 0) is 31.0 Å². The molecule has 0 aliphatic heterocycles. The summed E-state index contributed by atoms with van der Waals surface area (Å²) in [5.41, 5.74) is 6.91. The molecule has 0 aromatic heterocycles. The zero-order valence-corrected chi connectivity index (χ0v) is 11.2. The van der Waals surface area contributed by atoms with Crippen molar-refractivity contribution in [3.63, 3.8) is 0 Å². The van der Waals surface area contributed by atoms with Crippen molar-refractivity contribution in [2.45, 2.75) is 19.4 Å². The van der Waals surface area contributed by atoms with Crippen molar-refractivity contribution >= 4 is 5.97 Å². The van der Waals surface area contributed by atoms with Gasteiger partial charge in [0.25, 0.3) is 0 Å². The lowest BCUT2D eigenvalue weighted by Gasteiger charge is -2.17. The van der Waals surface area contributed by atoms with E-state index in [1.54, 1.807) is 18.2 Å². The smallest absolute Gasteiger partial charge is 0.325 e. The Morgan fingerprint density at radius 3 is 2.74 bits per heavy atom. The summed E-state index contributed by atoms with van der Waals surface area (Å²) in [6.45, 7) is 6.04. The summed E-state index contributed by atoms with van der Waals surface area (Å²) in [5.74, 6) is -0.00472. The van der Waals surface area contributed by atoms with Gasteiger partial charge >= 0.3 is 5.97 Å². The molecular formula is C14H19NO4. The van der Waals surface area contributed by atoms with E-state index in [-0.39, 0.29) is 0 Å². The number of carbonyl (C=O) groups is 1. The van der Waals surface area contributed by atoms with Gasteiger partial charge in [-0.25, -0.2) is 0 Å². The standard InChI is InChI=1S/C14H19NO4/c1-4-6-9-7-10(12(15)14(16)17)8-11(18-3)13(9)19-5-2/h4,7-8,12H,1,5-6,15H2,2-3H3,(H,16,17)/t12-/m0/s1. The van der Waals surface area contributed by atoms with E-state index < -0.39 is 12.0 Å². The molecule has 0 bridgehead atoms. The first-order chi connectivity index (χ1) is 9.04. The largest absolute Gasteiger partial charge is 0.493 e. The Morgan fingerprint density at radius 2 is 2.26 bits per heavy atom. The number of hydrogen-bond donors (Lipinski definition) is 2. The van der Waals surface area contributed by atoms with Gasteiger partial charge in [-0.3, -0.25) is 4.79 Å². The third kappa shape index (κ3) is 3.48. The lowest BCUT2D eigenvalue weighted by atomic mass is 10.0. The molecule has 1 atom stereocenters. The van der Waals surface area contributed by atoms with Crippen LogP contribution in [0.5, 0.6) is 11.5 Å². The van der Waals surface area contributed by atoms with Crippen LogP contribution in [0.3, 0.4) is 0 Å². The summed E-state index contributed by atoms with van der Waals surface area (Å²) in [7, 11) is 1.51. The fourth-order valence-corrected chi connectivity index (χ4v) is 1.77. The molecular weight excluding hydrogens is 246 g/mol. The lowest BCUT2D eigenvalue weighted by Crippen LogP contribution is -2.21. The van der Waals surface area contributed by atoms with E-state index in [1.165, 1.54) is 7.11 Å². The van der Waals surface area contributed by atoms with E-state index in [0.29, 0.717) is 30.1 Å². The van der Waals surface area contributed by atoms with E-state index in [1.807, 2.05) is 6.92 Å². The zero-order chi connectivity index (χ0) is 14.4. The molecule has 3 N–H and O–H groups in total. The molecule has 0 amide bonds. The van der Waals surface area contributed by atoms with Crippen molar-refractivity contribution < 1.29 is 19.4 Å². The second-order valence-electron chi connectivity index (χ2n) is 3.95. The number of carboxylic acid groups (broad SMARTS) is 1. The minimum absolute atomic E-state index is 0.477. The van der Waals surface area contributed by atoms with Crippen LogP contribution in [0.2, 0.25) is 0 Å². The molecule has 0 aliphatic rings. The van der Waals surface area contributed by atoms with Gasteiger partial charge in [-0.1, -0.05) is 6.08 Å². The molecule has 0 fully saturated rings. The minimum Gasteiger partial charge on any atom is -0.493 e. The number of hydrogen-bond acceptors (Lipinski definition) is 4. The number of nitrogens with two attached hydrogens (primary N) is 1. The van der Waals surface area contributed by atoms with Gasteiger partial charge in [0, 0.05) is 5.56 Å². The van der Waals surface area contributed by atoms with E-state index in [4.69, 9.17) is 20.3 Å². The van der Waals surface area contributed by atoms with Crippen LogP contribution in [0, 0.1) is 0 Å². The van der Waals surface area contributed by atoms with Crippen molar-refractivity contribution in [2.24, 2.45) is 5.73 Å². The maximum atomic E-state index is 11.0. The molecule has 1 rings (SSSR count). The molecule has 0 spiro atoms. The van der Waals surface area contributed by atoms with E-state index in [0.717, 1.165) is 5.56 Å². The summed E-state index contributed by atoms with van der Waals surface area (Å²) < 4.78 is 10.8. The Kier molecular flexibility index (Phi) is 5.38. The molecule has 1 aromatic rings. The van der Waals surface area contributed by atoms with Gasteiger partial charge in [0.15, 0.2) is 11.5 Å². The first-order valence-corrected chi connectivity index (χ1v) is 5.98. The Labute approximate surface area is 112 Å². The molecule has 5 nitrogen and oxygen atoms in total. The molecule has 0 unspecified atom stereocenters. The Hall–Kier alpha value is -2.01. The van der Waals surface area contributed by atoms with Crippen LogP contribution in [0.25, 0.3) is 0 Å². The number of ether oxygens (including phenoxy) is 2. The average Bonchev–Trinajstić information content (AvgIpc) is 2.39. The number of allylic oxidation sites excluding steroid dienone is 1. The van der Waals surface area contributed by atoms with Crippen molar-refractivity contribution in [1.82, 2.24) is 0 Å². The molecule has 0 radical (unpaired) electrons. The summed E-state index contributed by atoms with van der Waals surface area (Å²) in [5, 5.41) is 8.98. The SMILES string of the molecule is C=CCc1cc([C@H](N)C(=O)O)cc(OC)c1OCC. The van der Waals surface area contributed by atoms with Crippen LogP contribution in [-0.2, 0) is 11.2 Å². The highest BCUT2D eigenvalue weighted by molar-refractivity contribution is 5.76. The summed E-state index contributed by atoms with van der Waals surface area (Å²) in [6.07, 6.45) is 2.26. The van der Waals surface area contributed by atoms with Gasteiger partial charge in [-0.2, -0.15) is 0 Å². The van der Waals surface area contributed by atoms with Crippen molar-refractivity contribution in [3.8, 4) is 11.5 Å². The molecule has 0 saturated heterocycles. The van der Waals surface area contributed by atoms with Crippen LogP contribution in [0.1, 0.15) is 24.1 Å². The fraction of sp³-hybridized carbons (Fsp3) is 0.357.